The quantitative estimate of drug-likeness (QED) is 0.0275. The molecule has 2 atom stereocenters. The Hall–Kier alpha value is -3.38. The normalized spacial score (nSPS) is 13.7. The minimum absolute atomic E-state index is 0.0222. The molecule has 1 aliphatic rings. The van der Waals surface area contributed by atoms with Crippen LogP contribution in [0.4, 0.5) is 5.69 Å². The summed E-state index contributed by atoms with van der Waals surface area (Å²) in [6.45, 7) is 3.38. The molecule has 70 heavy (non-hydrogen) atoms. The highest BCUT2D eigenvalue weighted by Gasteiger charge is 2.27. The number of hydrogen-bond donors (Lipinski definition) is 2. The summed E-state index contributed by atoms with van der Waals surface area (Å²) in [5, 5.41) is 2.67. The van der Waals surface area contributed by atoms with E-state index in [2.05, 4.69) is 19.2 Å². The van der Waals surface area contributed by atoms with E-state index in [1.165, 1.54) is 153 Å². The van der Waals surface area contributed by atoms with Gasteiger partial charge in [0.15, 0.2) is 6.10 Å². The summed E-state index contributed by atoms with van der Waals surface area (Å²) in [6.07, 6.45) is 40.7. The SMILES string of the molecule is CCCCCCCCCCCCCCCCCC(=O)OCC(COP(=O)(O)OCCNC(=O)CCCCc1ccc(N2C(=O)C=CC2=O)cc1)OC(=O)CCCCCCCCCCCCCCCCC. The van der Waals surface area contributed by atoms with Gasteiger partial charge in [-0.1, -0.05) is 206 Å². The average molecular weight is 1000 g/mol. The minimum Gasteiger partial charge on any atom is -0.462 e. The number of phosphoric acid groups is 1. The molecule has 2 unspecified atom stereocenters. The second-order valence-corrected chi connectivity index (χ2v) is 20.8. The summed E-state index contributed by atoms with van der Waals surface area (Å²) < 4.78 is 34.1. The number of carbonyl (C=O) groups excluding carboxylic acids is 5. The van der Waals surface area contributed by atoms with Crippen LogP contribution in [0.15, 0.2) is 36.4 Å². The van der Waals surface area contributed by atoms with E-state index in [-0.39, 0.29) is 56.7 Å². The Bertz CT molecular complexity index is 1600. The van der Waals surface area contributed by atoms with Crippen LogP contribution >= 0.6 is 7.82 Å². The molecule has 1 aliphatic heterocycles. The number of ether oxygens (including phenoxy) is 2. The summed E-state index contributed by atoms with van der Waals surface area (Å²) in [4.78, 5) is 73.2. The molecular weight excluding hydrogens is 908 g/mol. The highest BCUT2D eigenvalue weighted by atomic mass is 31.2. The van der Waals surface area contributed by atoms with Crippen LogP contribution in [0.1, 0.15) is 244 Å². The number of imide groups is 1. The number of amides is 3. The van der Waals surface area contributed by atoms with Crippen molar-refractivity contribution in [3.8, 4) is 0 Å². The summed E-state index contributed by atoms with van der Waals surface area (Å²) >= 11 is 0. The van der Waals surface area contributed by atoms with Crippen LogP contribution in [0.2, 0.25) is 0 Å². The van der Waals surface area contributed by atoms with E-state index in [0.29, 0.717) is 31.4 Å². The standard InChI is InChI=1S/C56H95N2O11P/c1-3-5-7-9-11-13-15-17-19-21-23-25-27-29-31-37-55(62)66-47-51(69-56(63)38-32-30-28-26-24-22-20-18-16-14-12-10-8-6-4-2)48-68-70(64,65)67-46-45-57-52(59)36-34-33-35-49-39-41-50(42-40-49)58-53(60)43-44-54(58)61/h39-44,51H,3-38,45-48H2,1-2H3,(H,57,59)(H,64,65). The van der Waals surface area contributed by atoms with Crippen molar-refractivity contribution < 1.29 is 52.0 Å². The number of rotatable bonds is 48. The Morgan fingerprint density at radius 2 is 0.957 bits per heavy atom. The van der Waals surface area contributed by atoms with Gasteiger partial charge in [0.05, 0.1) is 18.9 Å². The van der Waals surface area contributed by atoms with Crippen LogP contribution < -0.4 is 10.2 Å². The van der Waals surface area contributed by atoms with Gasteiger partial charge in [0.2, 0.25) is 5.91 Å². The van der Waals surface area contributed by atoms with Crippen LogP contribution in [0.3, 0.4) is 0 Å². The fraction of sp³-hybridized carbons (Fsp3) is 0.768. The second-order valence-electron chi connectivity index (χ2n) is 19.4. The molecule has 13 nitrogen and oxygen atoms in total. The van der Waals surface area contributed by atoms with Gasteiger partial charge in [-0.15, -0.1) is 0 Å². The molecule has 3 amide bonds. The van der Waals surface area contributed by atoms with E-state index in [1.54, 1.807) is 12.1 Å². The summed E-state index contributed by atoms with van der Waals surface area (Å²) in [7, 11) is -4.60. The molecule has 0 saturated carbocycles. The number of benzene rings is 1. The van der Waals surface area contributed by atoms with Crippen molar-refractivity contribution in [1.82, 2.24) is 5.32 Å². The predicted octanol–water partition coefficient (Wildman–Crippen LogP) is 14.1. The summed E-state index contributed by atoms with van der Waals surface area (Å²) in [5.41, 5.74) is 1.52. The molecule has 0 radical (unpaired) electrons. The Balaban J connectivity index is 1.66. The molecule has 0 spiro atoms. The maximum absolute atomic E-state index is 12.9. The molecule has 0 fully saturated rings. The fourth-order valence-electron chi connectivity index (χ4n) is 8.64. The number of anilines is 1. The van der Waals surface area contributed by atoms with Crippen molar-refractivity contribution in [2.75, 3.05) is 31.3 Å². The third-order valence-corrected chi connectivity index (χ3v) is 13.9. The van der Waals surface area contributed by atoms with Crippen LogP contribution in [0.25, 0.3) is 0 Å². The van der Waals surface area contributed by atoms with Crippen molar-refractivity contribution >= 4 is 43.2 Å². The van der Waals surface area contributed by atoms with Crippen LogP contribution in [0, 0.1) is 0 Å². The van der Waals surface area contributed by atoms with Gasteiger partial charge < -0.3 is 19.7 Å². The predicted molar refractivity (Wildman–Crippen MR) is 280 cm³/mol. The number of esters is 2. The summed E-state index contributed by atoms with van der Waals surface area (Å²) in [5.74, 6) is -1.88. The first-order valence-corrected chi connectivity index (χ1v) is 29.4. The van der Waals surface area contributed by atoms with Gasteiger partial charge in [-0.2, -0.15) is 0 Å². The first-order valence-electron chi connectivity index (χ1n) is 27.9. The van der Waals surface area contributed by atoms with Crippen molar-refractivity contribution in [2.24, 2.45) is 0 Å². The maximum atomic E-state index is 12.9. The largest absolute Gasteiger partial charge is 0.472 e. The number of hydrogen-bond acceptors (Lipinski definition) is 10. The lowest BCUT2D eigenvalue weighted by Crippen LogP contribution is -2.30. The monoisotopic (exact) mass is 1000 g/mol. The number of aryl methyl sites for hydroxylation is 1. The summed E-state index contributed by atoms with van der Waals surface area (Å²) in [6, 6.07) is 7.15. The van der Waals surface area contributed by atoms with Gasteiger partial charge >= 0.3 is 19.8 Å². The Kier molecular flexibility index (Phi) is 37.8. The first-order chi connectivity index (χ1) is 34.0. The third-order valence-electron chi connectivity index (χ3n) is 12.9. The molecule has 2 rings (SSSR count). The highest BCUT2D eigenvalue weighted by molar-refractivity contribution is 7.47. The number of phosphoric ester groups is 1. The zero-order valence-corrected chi connectivity index (χ0v) is 44.6. The number of nitrogens with zero attached hydrogens (tertiary/aromatic N) is 1. The van der Waals surface area contributed by atoms with E-state index in [4.69, 9.17) is 18.5 Å². The van der Waals surface area contributed by atoms with Gasteiger partial charge in [-0.05, 0) is 49.8 Å². The van der Waals surface area contributed by atoms with E-state index < -0.39 is 32.5 Å². The molecule has 1 aromatic carbocycles. The zero-order valence-electron chi connectivity index (χ0n) is 43.7. The van der Waals surface area contributed by atoms with Crippen molar-refractivity contribution in [1.29, 1.82) is 0 Å². The first kappa shape index (κ1) is 62.7. The van der Waals surface area contributed by atoms with E-state index in [0.717, 1.165) is 55.4 Å². The van der Waals surface area contributed by atoms with Crippen molar-refractivity contribution in [3.63, 3.8) is 0 Å². The molecule has 0 saturated heterocycles. The Morgan fingerprint density at radius 1 is 0.543 bits per heavy atom. The topological polar surface area (TPSA) is 175 Å². The lowest BCUT2D eigenvalue weighted by atomic mass is 10.0. The average Bonchev–Trinajstić information content (AvgIpc) is 3.69. The van der Waals surface area contributed by atoms with E-state index in [9.17, 15) is 33.4 Å². The smallest absolute Gasteiger partial charge is 0.462 e. The Labute approximate surface area is 423 Å². The Morgan fingerprint density at radius 3 is 1.41 bits per heavy atom. The van der Waals surface area contributed by atoms with Gasteiger partial charge in [-0.3, -0.25) is 33.0 Å². The molecule has 0 bridgehead atoms. The lowest BCUT2D eigenvalue weighted by Gasteiger charge is -2.20. The van der Waals surface area contributed by atoms with Gasteiger partial charge in [0.25, 0.3) is 11.8 Å². The van der Waals surface area contributed by atoms with Crippen molar-refractivity contribution in [3.05, 3.63) is 42.0 Å². The molecule has 0 aliphatic carbocycles. The third kappa shape index (κ3) is 34.1. The van der Waals surface area contributed by atoms with Gasteiger partial charge in [-0.25, -0.2) is 9.46 Å². The number of carbonyl (C=O) groups is 5. The van der Waals surface area contributed by atoms with Gasteiger partial charge in [0.1, 0.15) is 6.61 Å². The molecule has 14 heteroatoms. The second kappa shape index (κ2) is 42.2. The minimum atomic E-state index is -4.60. The maximum Gasteiger partial charge on any atom is 0.472 e. The van der Waals surface area contributed by atoms with Crippen molar-refractivity contribution in [2.45, 2.75) is 251 Å². The number of unbranched alkanes of at least 4 members (excludes halogenated alkanes) is 29. The number of nitrogens with one attached hydrogen (secondary N) is 1. The highest BCUT2D eigenvalue weighted by Crippen LogP contribution is 2.43. The molecular formula is C56H95N2O11P. The molecule has 1 heterocycles. The lowest BCUT2D eigenvalue weighted by molar-refractivity contribution is -0.161. The molecule has 2 N–H and O–H groups in total. The molecule has 400 valence electrons. The van der Waals surface area contributed by atoms with Gasteiger partial charge in [0, 0.05) is 38.0 Å². The van der Waals surface area contributed by atoms with Crippen LogP contribution in [-0.4, -0.2) is 67.0 Å². The molecule has 1 aromatic rings. The van der Waals surface area contributed by atoms with Crippen LogP contribution in [-0.2, 0) is 53.5 Å². The van der Waals surface area contributed by atoms with E-state index in [1.807, 2.05) is 12.1 Å². The van der Waals surface area contributed by atoms with E-state index >= 15 is 0 Å². The molecule has 0 aromatic heterocycles. The van der Waals surface area contributed by atoms with Crippen LogP contribution in [0.5, 0.6) is 0 Å². The fourth-order valence-corrected chi connectivity index (χ4v) is 9.39. The zero-order chi connectivity index (χ0) is 50.8.